The number of H-pyrrole nitrogens is 1. The molecular weight excluding hydrogens is 418 g/mol. The summed E-state index contributed by atoms with van der Waals surface area (Å²) in [5, 5.41) is 13.6. The number of aromatic nitrogens is 3. The third kappa shape index (κ3) is 4.03. The average molecular weight is 441 g/mol. The second-order valence-corrected chi connectivity index (χ2v) is 8.01. The number of nitrogens with zero attached hydrogens (tertiary/aromatic N) is 2. The molecule has 1 aliphatic rings. The smallest absolute Gasteiger partial charge is 0.323 e. The van der Waals surface area contributed by atoms with Crippen LogP contribution in [0.3, 0.4) is 0 Å². The number of benzene rings is 2. The van der Waals surface area contributed by atoms with Gasteiger partial charge in [0.2, 0.25) is 0 Å². The van der Waals surface area contributed by atoms with E-state index in [2.05, 4.69) is 25.8 Å². The standard InChI is InChI=1S/C25H23N5O3/c1-2-33-23(31)25(12-13-25)21-14-19(20-15-26-30-22(20)29-21)16-8-10-18(11-9-16)28-24(32)27-17-6-4-3-5-7-17/h3-11,14-15H,2,12-13H2,1H3,(H,26,29,30)(H2,27,28,32). The molecule has 4 aromatic rings. The third-order valence-corrected chi connectivity index (χ3v) is 5.81. The van der Waals surface area contributed by atoms with E-state index in [9.17, 15) is 9.59 Å². The Kier molecular flexibility index (Phi) is 5.26. The van der Waals surface area contributed by atoms with Crippen molar-refractivity contribution in [1.29, 1.82) is 0 Å². The van der Waals surface area contributed by atoms with Crippen molar-refractivity contribution in [2.75, 3.05) is 17.2 Å². The molecule has 8 heteroatoms. The van der Waals surface area contributed by atoms with Crippen LogP contribution in [0.1, 0.15) is 25.5 Å². The average Bonchev–Trinajstić information content (AvgIpc) is 3.50. The number of ether oxygens (including phenoxy) is 1. The van der Waals surface area contributed by atoms with Crippen LogP contribution in [0.25, 0.3) is 22.2 Å². The highest BCUT2D eigenvalue weighted by Gasteiger charge is 2.54. The van der Waals surface area contributed by atoms with Crippen molar-refractivity contribution >= 4 is 34.4 Å². The molecule has 0 unspecified atom stereocenters. The molecule has 33 heavy (non-hydrogen) atoms. The van der Waals surface area contributed by atoms with E-state index < -0.39 is 5.41 Å². The highest BCUT2D eigenvalue weighted by Crippen LogP contribution is 2.49. The Bertz CT molecular complexity index is 1310. The lowest BCUT2D eigenvalue weighted by molar-refractivity contribution is -0.146. The van der Waals surface area contributed by atoms with Crippen LogP contribution in [0.5, 0.6) is 0 Å². The van der Waals surface area contributed by atoms with Crippen LogP contribution in [-0.4, -0.2) is 33.8 Å². The number of hydrogen-bond donors (Lipinski definition) is 3. The number of rotatable bonds is 6. The number of carbonyl (C=O) groups is 2. The SMILES string of the molecule is CCOC(=O)C1(c2cc(-c3ccc(NC(=O)Nc4ccccc4)cc3)c3cn[nH]c3n2)CC1. The molecule has 1 fully saturated rings. The van der Waals surface area contributed by atoms with Crippen molar-refractivity contribution in [2.45, 2.75) is 25.2 Å². The lowest BCUT2D eigenvalue weighted by Gasteiger charge is -2.15. The number of amides is 2. The van der Waals surface area contributed by atoms with E-state index >= 15 is 0 Å². The molecule has 2 amide bonds. The van der Waals surface area contributed by atoms with Gasteiger partial charge in [-0.1, -0.05) is 30.3 Å². The molecule has 0 radical (unpaired) electrons. The molecule has 0 aliphatic heterocycles. The minimum atomic E-state index is -0.679. The van der Waals surface area contributed by atoms with Gasteiger partial charge in [-0.2, -0.15) is 5.10 Å². The van der Waals surface area contributed by atoms with Crippen LogP contribution in [0.4, 0.5) is 16.2 Å². The number of hydrogen-bond acceptors (Lipinski definition) is 5. The number of esters is 1. The largest absolute Gasteiger partial charge is 0.465 e. The van der Waals surface area contributed by atoms with Gasteiger partial charge in [0.1, 0.15) is 5.41 Å². The van der Waals surface area contributed by atoms with Crippen molar-refractivity contribution in [2.24, 2.45) is 0 Å². The Labute approximate surface area is 190 Å². The first-order valence-corrected chi connectivity index (χ1v) is 10.8. The summed E-state index contributed by atoms with van der Waals surface area (Å²) in [5.74, 6) is -0.230. The number of aromatic amines is 1. The summed E-state index contributed by atoms with van der Waals surface area (Å²) in [4.78, 5) is 29.5. The fourth-order valence-electron chi connectivity index (χ4n) is 3.92. The zero-order chi connectivity index (χ0) is 22.8. The van der Waals surface area contributed by atoms with E-state index in [1.54, 1.807) is 13.1 Å². The van der Waals surface area contributed by atoms with Gasteiger partial charge in [-0.3, -0.25) is 9.89 Å². The number of anilines is 2. The quantitative estimate of drug-likeness (QED) is 0.370. The van der Waals surface area contributed by atoms with Gasteiger partial charge in [-0.05, 0) is 61.2 Å². The Balaban J connectivity index is 1.41. The van der Waals surface area contributed by atoms with Crippen molar-refractivity contribution in [3.8, 4) is 11.1 Å². The number of para-hydroxylation sites is 1. The van der Waals surface area contributed by atoms with E-state index in [0.717, 1.165) is 29.4 Å². The van der Waals surface area contributed by atoms with Crippen LogP contribution >= 0.6 is 0 Å². The normalized spacial score (nSPS) is 14.0. The molecule has 3 N–H and O–H groups in total. The zero-order valence-electron chi connectivity index (χ0n) is 18.1. The minimum absolute atomic E-state index is 0.230. The lowest BCUT2D eigenvalue weighted by atomic mass is 9.96. The molecular formula is C25H23N5O3. The van der Waals surface area contributed by atoms with Gasteiger partial charge in [0.25, 0.3) is 0 Å². The van der Waals surface area contributed by atoms with Crippen molar-refractivity contribution < 1.29 is 14.3 Å². The van der Waals surface area contributed by atoms with Crippen LogP contribution < -0.4 is 10.6 Å². The molecule has 0 bridgehead atoms. The maximum Gasteiger partial charge on any atom is 0.323 e. The Morgan fingerprint density at radius 3 is 2.39 bits per heavy atom. The van der Waals surface area contributed by atoms with Gasteiger partial charge in [0.05, 0.1) is 18.5 Å². The summed E-state index contributed by atoms with van der Waals surface area (Å²) in [6.45, 7) is 2.15. The van der Waals surface area contributed by atoms with Crippen LogP contribution in [0.15, 0.2) is 66.9 Å². The summed E-state index contributed by atoms with van der Waals surface area (Å²) < 4.78 is 5.31. The maximum atomic E-state index is 12.6. The molecule has 2 aromatic heterocycles. The number of nitrogens with one attached hydrogen (secondary N) is 3. The highest BCUT2D eigenvalue weighted by atomic mass is 16.5. The van der Waals surface area contributed by atoms with E-state index in [-0.39, 0.29) is 12.0 Å². The lowest BCUT2D eigenvalue weighted by Crippen LogP contribution is -2.24. The second-order valence-electron chi connectivity index (χ2n) is 8.01. The first kappa shape index (κ1) is 20.7. The van der Waals surface area contributed by atoms with Crippen LogP contribution in [0, 0.1) is 0 Å². The monoisotopic (exact) mass is 441 g/mol. The molecule has 1 saturated carbocycles. The van der Waals surface area contributed by atoms with E-state index in [4.69, 9.17) is 4.74 Å². The summed E-state index contributed by atoms with van der Waals surface area (Å²) in [6.07, 6.45) is 3.17. The summed E-state index contributed by atoms with van der Waals surface area (Å²) in [6, 6.07) is 18.4. The molecule has 0 saturated heterocycles. The number of pyridine rings is 1. The molecule has 0 spiro atoms. The zero-order valence-corrected chi connectivity index (χ0v) is 18.1. The summed E-state index contributed by atoms with van der Waals surface area (Å²) >= 11 is 0. The predicted octanol–water partition coefficient (Wildman–Crippen LogP) is 4.86. The number of carbonyl (C=O) groups excluding carboxylic acids is 2. The summed E-state index contributed by atoms with van der Waals surface area (Å²) in [7, 11) is 0. The third-order valence-electron chi connectivity index (χ3n) is 5.81. The van der Waals surface area contributed by atoms with Crippen molar-refractivity contribution in [3.63, 3.8) is 0 Å². The molecule has 2 heterocycles. The predicted molar refractivity (Wildman–Crippen MR) is 126 cm³/mol. The number of urea groups is 1. The topological polar surface area (TPSA) is 109 Å². The van der Waals surface area contributed by atoms with E-state index in [1.807, 2.05) is 60.7 Å². The van der Waals surface area contributed by atoms with Gasteiger partial charge in [0.15, 0.2) is 5.65 Å². The first-order valence-electron chi connectivity index (χ1n) is 10.8. The Morgan fingerprint density at radius 1 is 1.03 bits per heavy atom. The van der Waals surface area contributed by atoms with Gasteiger partial charge in [0, 0.05) is 16.8 Å². The van der Waals surface area contributed by atoms with Crippen molar-refractivity contribution in [3.05, 3.63) is 72.6 Å². The first-order chi connectivity index (χ1) is 16.1. The van der Waals surface area contributed by atoms with Gasteiger partial charge < -0.3 is 15.4 Å². The molecule has 8 nitrogen and oxygen atoms in total. The molecule has 166 valence electrons. The molecule has 1 aliphatic carbocycles. The highest BCUT2D eigenvalue weighted by molar-refractivity contribution is 6.00. The van der Waals surface area contributed by atoms with Crippen LogP contribution in [-0.2, 0) is 14.9 Å². The fraction of sp³-hybridized carbons (Fsp3) is 0.200. The second kappa shape index (κ2) is 8.38. The molecule has 2 aromatic carbocycles. The van der Waals surface area contributed by atoms with E-state index in [0.29, 0.717) is 29.3 Å². The number of fused-ring (bicyclic) bond motifs is 1. The van der Waals surface area contributed by atoms with Crippen molar-refractivity contribution in [1.82, 2.24) is 15.2 Å². The van der Waals surface area contributed by atoms with Gasteiger partial charge in [-0.15, -0.1) is 0 Å². The van der Waals surface area contributed by atoms with Gasteiger partial charge >= 0.3 is 12.0 Å². The van der Waals surface area contributed by atoms with Crippen LogP contribution in [0.2, 0.25) is 0 Å². The molecule has 5 rings (SSSR count). The summed E-state index contributed by atoms with van der Waals surface area (Å²) in [5.41, 5.74) is 3.86. The maximum absolute atomic E-state index is 12.6. The Hall–Kier alpha value is -4.20. The molecule has 0 atom stereocenters. The minimum Gasteiger partial charge on any atom is -0.465 e. The Morgan fingerprint density at radius 2 is 1.73 bits per heavy atom. The fourth-order valence-corrected chi connectivity index (χ4v) is 3.92. The van der Waals surface area contributed by atoms with E-state index in [1.165, 1.54) is 0 Å². The van der Waals surface area contributed by atoms with Gasteiger partial charge in [-0.25, -0.2) is 9.78 Å².